The van der Waals surface area contributed by atoms with Crippen LogP contribution in [-0.4, -0.2) is 12.2 Å². The maximum absolute atomic E-state index is 10.4. The molecule has 0 saturated heterocycles. The second-order valence-electron chi connectivity index (χ2n) is 2.55. The van der Waals surface area contributed by atoms with Crippen LogP contribution in [0.3, 0.4) is 0 Å². The van der Waals surface area contributed by atoms with Crippen LogP contribution in [-0.2, 0) is 9.63 Å². The van der Waals surface area contributed by atoms with Crippen LogP contribution < -0.4 is 0 Å². The quantitative estimate of drug-likeness (QED) is 0.305. The SMILES string of the molecule is C#Cc1ccccc1/C=N/OC(C)=O. The second-order valence-corrected chi connectivity index (χ2v) is 2.55. The maximum Gasteiger partial charge on any atom is 0.331 e. The van der Waals surface area contributed by atoms with Crippen molar-refractivity contribution in [2.24, 2.45) is 5.16 Å². The van der Waals surface area contributed by atoms with Crippen LogP contribution in [0.1, 0.15) is 18.1 Å². The summed E-state index contributed by atoms with van der Waals surface area (Å²) >= 11 is 0. The Hall–Kier alpha value is -2.08. The van der Waals surface area contributed by atoms with Crippen molar-refractivity contribution in [3.05, 3.63) is 35.4 Å². The van der Waals surface area contributed by atoms with Crippen molar-refractivity contribution in [2.75, 3.05) is 0 Å². The van der Waals surface area contributed by atoms with Gasteiger partial charge in [-0.15, -0.1) is 6.42 Å². The fourth-order valence-electron chi connectivity index (χ4n) is 0.898. The summed E-state index contributed by atoms with van der Waals surface area (Å²) in [6.45, 7) is 1.28. The molecule has 0 aliphatic rings. The largest absolute Gasteiger partial charge is 0.331 e. The first-order valence-electron chi connectivity index (χ1n) is 4.00. The Labute approximate surface area is 82.4 Å². The number of rotatable bonds is 2. The van der Waals surface area contributed by atoms with E-state index in [0.717, 1.165) is 5.56 Å². The number of hydrogen-bond acceptors (Lipinski definition) is 3. The lowest BCUT2D eigenvalue weighted by Crippen LogP contribution is -1.93. The van der Waals surface area contributed by atoms with Crippen molar-refractivity contribution in [1.82, 2.24) is 0 Å². The number of hydrogen-bond donors (Lipinski definition) is 0. The van der Waals surface area contributed by atoms with E-state index in [1.165, 1.54) is 13.1 Å². The van der Waals surface area contributed by atoms with Gasteiger partial charge in [-0.1, -0.05) is 29.3 Å². The van der Waals surface area contributed by atoms with E-state index in [1.54, 1.807) is 12.1 Å². The highest BCUT2D eigenvalue weighted by molar-refractivity contribution is 5.83. The molecule has 0 unspecified atom stereocenters. The summed E-state index contributed by atoms with van der Waals surface area (Å²) in [6.07, 6.45) is 6.68. The van der Waals surface area contributed by atoms with Gasteiger partial charge >= 0.3 is 5.97 Å². The zero-order valence-electron chi connectivity index (χ0n) is 7.73. The van der Waals surface area contributed by atoms with Crippen molar-refractivity contribution < 1.29 is 9.63 Å². The van der Waals surface area contributed by atoms with Gasteiger partial charge in [-0.2, -0.15) is 0 Å². The van der Waals surface area contributed by atoms with Gasteiger partial charge < -0.3 is 4.84 Å². The van der Waals surface area contributed by atoms with Crippen LogP contribution in [0.4, 0.5) is 0 Å². The standard InChI is InChI=1S/C11H9NO2/c1-3-10-6-4-5-7-11(10)8-12-14-9(2)13/h1,4-8H,2H3/b12-8+. The van der Waals surface area contributed by atoms with E-state index in [1.807, 2.05) is 12.1 Å². The van der Waals surface area contributed by atoms with Crippen LogP contribution in [0.2, 0.25) is 0 Å². The summed E-state index contributed by atoms with van der Waals surface area (Å²) in [4.78, 5) is 14.8. The molecule has 0 atom stereocenters. The van der Waals surface area contributed by atoms with Gasteiger partial charge in [-0.25, -0.2) is 4.79 Å². The molecule has 0 bridgehead atoms. The molecule has 0 saturated carbocycles. The summed E-state index contributed by atoms with van der Waals surface area (Å²) < 4.78 is 0. The molecule has 14 heavy (non-hydrogen) atoms. The molecule has 0 radical (unpaired) electrons. The molecule has 0 heterocycles. The van der Waals surface area contributed by atoms with E-state index < -0.39 is 5.97 Å². The van der Waals surface area contributed by atoms with Gasteiger partial charge in [0.15, 0.2) is 0 Å². The minimum absolute atomic E-state index is 0.459. The normalized spacial score (nSPS) is 9.71. The Balaban J connectivity index is 2.81. The average Bonchev–Trinajstić information content (AvgIpc) is 2.18. The van der Waals surface area contributed by atoms with E-state index in [4.69, 9.17) is 6.42 Å². The molecular weight excluding hydrogens is 178 g/mol. The lowest BCUT2D eigenvalue weighted by atomic mass is 10.1. The van der Waals surface area contributed by atoms with Crippen molar-refractivity contribution in [1.29, 1.82) is 0 Å². The molecule has 0 spiro atoms. The lowest BCUT2D eigenvalue weighted by molar-refractivity contribution is -0.140. The Morgan fingerprint density at radius 1 is 1.57 bits per heavy atom. The number of carbonyl (C=O) groups excluding carboxylic acids is 1. The van der Waals surface area contributed by atoms with Crippen LogP contribution in [0.5, 0.6) is 0 Å². The third-order valence-electron chi connectivity index (χ3n) is 1.49. The van der Waals surface area contributed by atoms with Gasteiger partial charge in [0.05, 0.1) is 6.21 Å². The van der Waals surface area contributed by atoms with Gasteiger partial charge in [0.25, 0.3) is 0 Å². The molecule has 0 amide bonds. The van der Waals surface area contributed by atoms with Crippen molar-refractivity contribution in [2.45, 2.75) is 6.92 Å². The molecular formula is C11H9NO2. The fraction of sp³-hybridized carbons (Fsp3) is 0.0909. The van der Waals surface area contributed by atoms with Crippen molar-refractivity contribution >= 4 is 12.2 Å². The van der Waals surface area contributed by atoms with Gasteiger partial charge in [0, 0.05) is 18.1 Å². The van der Waals surface area contributed by atoms with Crippen LogP contribution in [0.15, 0.2) is 29.4 Å². The van der Waals surface area contributed by atoms with Crippen LogP contribution >= 0.6 is 0 Å². The summed E-state index contributed by atoms with van der Waals surface area (Å²) in [7, 11) is 0. The molecule has 1 aromatic rings. The molecule has 1 rings (SSSR count). The number of terminal acetylenes is 1. The van der Waals surface area contributed by atoms with Crippen LogP contribution in [0.25, 0.3) is 0 Å². The van der Waals surface area contributed by atoms with Crippen molar-refractivity contribution in [3.63, 3.8) is 0 Å². The molecule has 1 aromatic carbocycles. The van der Waals surface area contributed by atoms with Crippen LogP contribution in [0, 0.1) is 12.3 Å². The summed E-state index contributed by atoms with van der Waals surface area (Å²) in [6, 6.07) is 7.24. The third kappa shape index (κ3) is 2.76. The minimum Gasteiger partial charge on any atom is -0.319 e. The zero-order valence-corrected chi connectivity index (χ0v) is 7.73. The predicted octanol–water partition coefficient (Wildman–Crippen LogP) is 1.56. The minimum atomic E-state index is -0.459. The zero-order chi connectivity index (χ0) is 10.4. The third-order valence-corrected chi connectivity index (χ3v) is 1.49. The van der Waals surface area contributed by atoms with Gasteiger partial charge in [-0.3, -0.25) is 0 Å². The molecule has 0 aliphatic carbocycles. The number of nitrogens with zero attached hydrogens (tertiary/aromatic N) is 1. The van der Waals surface area contributed by atoms with Crippen molar-refractivity contribution in [3.8, 4) is 12.3 Å². The van der Waals surface area contributed by atoms with E-state index >= 15 is 0 Å². The Morgan fingerprint density at radius 2 is 2.29 bits per heavy atom. The topological polar surface area (TPSA) is 38.7 Å². The Bertz CT molecular complexity index is 402. The smallest absolute Gasteiger partial charge is 0.319 e. The molecule has 3 heteroatoms. The molecule has 70 valence electrons. The molecule has 0 aliphatic heterocycles. The van der Waals surface area contributed by atoms with Gasteiger partial charge in [0.2, 0.25) is 0 Å². The summed E-state index contributed by atoms with van der Waals surface area (Å²) in [5.41, 5.74) is 1.46. The Kier molecular flexibility index (Phi) is 3.45. The first-order chi connectivity index (χ1) is 6.74. The molecule has 0 N–H and O–H groups in total. The van der Waals surface area contributed by atoms with E-state index in [0.29, 0.717) is 5.56 Å². The molecule has 0 aromatic heterocycles. The second kappa shape index (κ2) is 4.83. The van der Waals surface area contributed by atoms with Gasteiger partial charge in [-0.05, 0) is 6.07 Å². The van der Waals surface area contributed by atoms with Gasteiger partial charge in [0.1, 0.15) is 0 Å². The predicted molar refractivity (Wildman–Crippen MR) is 53.7 cm³/mol. The Morgan fingerprint density at radius 3 is 2.93 bits per heavy atom. The highest BCUT2D eigenvalue weighted by atomic mass is 16.7. The monoisotopic (exact) mass is 187 g/mol. The fourth-order valence-corrected chi connectivity index (χ4v) is 0.898. The van der Waals surface area contributed by atoms with E-state index in [2.05, 4.69) is 15.9 Å². The highest BCUT2D eigenvalue weighted by Gasteiger charge is 1.95. The highest BCUT2D eigenvalue weighted by Crippen LogP contribution is 2.03. The number of benzene rings is 1. The maximum atomic E-state index is 10.4. The molecule has 0 fully saturated rings. The molecule has 3 nitrogen and oxygen atoms in total. The first kappa shape index (κ1) is 10.0. The lowest BCUT2D eigenvalue weighted by Gasteiger charge is -1.95. The summed E-state index contributed by atoms with van der Waals surface area (Å²) in [5.74, 6) is 2.04. The van der Waals surface area contributed by atoms with E-state index in [-0.39, 0.29) is 0 Å². The van der Waals surface area contributed by atoms with E-state index in [9.17, 15) is 4.79 Å². The average molecular weight is 187 g/mol. The number of carbonyl (C=O) groups is 1. The summed E-state index contributed by atoms with van der Waals surface area (Å²) in [5, 5.41) is 3.48. The first-order valence-corrected chi connectivity index (χ1v) is 4.00. The number of oxime groups is 1.